The maximum absolute atomic E-state index is 5.78. The summed E-state index contributed by atoms with van der Waals surface area (Å²) in [6.07, 6.45) is 1.96. The standard InChI is InChI=1S/C11H14N2OS/c1-3-4-8-9(14-13-11(8)12)10-7(2)5-6-15-10/h5-6H,3-4H2,1-2H3,(H2,12,13). The smallest absolute Gasteiger partial charge is 0.182 e. The highest BCUT2D eigenvalue weighted by molar-refractivity contribution is 7.13. The van der Waals surface area contributed by atoms with Gasteiger partial charge in [-0.3, -0.25) is 0 Å². The fourth-order valence-corrected chi connectivity index (χ4v) is 2.53. The van der Waals surface area contributed by atoms with E-state index in [4.69, 9.17) is 10.3 Å². The van der Waals surface area contributed by atoms with Gasteiger partial charge in [0.15, 0.2) is 11.6 Å². The molecule has 4 heteroatoms. The molecular formula is C11H14N2OS. The van der Waals surface area contributed by atoms with Crippen LogP contribution in [0.2, 0.25) is 0 Å². The van der Waals surface area contributed by atoms with Crippen molar-refractivity contribution in [3.8, 4) is 10.6 Å². The molecule has 0 aliphatic rings. The predicted octanol–water partition coefficient (Wildman–Crippen LogP) is 3.25. The molecule has 0 aliphatic heterocycles. The zero-order valence-electron chi connectivity index (χ0n) is 8.91. The van der Waals surface area contributed by atoms with Crippen molar-refractivity contribution in [1.29, 1.82) is 0 Å². The Balaban J connectivity index is 2.49. The first kappa shape index (κ1) is 10.2. The summed E-state index contributed by atoms with van der Waals surface area (Å²) in [5.74, 6) is 1.38. The molecule has 2 heterocycles. The van der Waals surface area contributed by atoms with Crippen molar-refractivity contribution in [2.45, 2.75) is 26.7 Å². The number of anilines is 1. The first-order chi connectivity index (χ1) is 7.24. The van der Waals surface area contributed by atoms with Crippen LogP contribution in [0.4, 0.5) is 5.82 Å². The molecule has 15 heavy (non-hydrogen) atoms. The average molecular weight is 222 g/mol. The molecule has 2 aromatic heterocycles. The zero-order valence-corrected chi connectivity index (χ0v) is 9.73. The Labute approximate surface area is 92.9 Å². The van der Waals surface area contributed by atoms with Gasteiger partial charge in [-0.1, -0.05) is 18.5 Å². The van der Waals surface area contributed by atoms with Gasteiger partial charge < -0.3 is 10.3 Å². The number of nitrogens with two attached hydrogens (primary N) is 1. The SMILES string of the molecule is CCCc1c(N)noc1-c1sccc1C. The highest BCUT2D eigenvalue weighted by Crippen LogP contribution is 2.34. The summed E-state index contributed by atoms with van der Waals surface area (Å²) in [7, 11) is 0. The quantitative estimate of drug-likeness (QED) is 0.867. The first-order valence-electron chi connectivity index (χ1n) is 5.02. The largest absolute Gasteiger partial charge is 0.381 e. The van der Waals surface area contributed by atoms with Crippen LogP contribution in [-0.2, 0) is 6.42 Å². The van der Waals surface area contributed by atoms with Gasteiger partial charge in [0.1, 0.15) is 0 Å². The molecule has 2 N–H and O–H groups in total. The van der Waals surface area contributed by atoms with Crippen molar-refractivity contribution in [3.63, 3.8) is 0 Å². The van der Waals surface area contributed by atoms with Gasteiger partial charge in [-0.05, 0) is 30.4 Å². The van der Waals surface area contributed by atoms with Crippen LogP contribution in [0.1, 0.15) is 24.5 Å². The number of hydrogen-bond donors (Lipinski definition) is 1. The Morgan fingerprint density at radius 3 is 2.93 bits per heavy atom. The first-order valence-corrected chi connectivity index (χ1v) is 5.90. The summed E-state index contributed by atoms with van der Waals surface area (Å²) in [5, 5.41) is 5.90. The molecule has 0 unspecified atom stereocenters. The lowest BCUT2D eigenvalue weighted by Crippen LogP contribution is -1.92. The van der Waals surface area contributed by atoms with Crippen LogP contribution in [0.15, 0.2) is 16.0 Å². The van der Waals surface area contributed by atoms with E-state index in [1.807, 2.05) is 0 Å². The van der Waals surface area contributed by atoms with Gasteiger partial charge in [0, 0.05) is 5.56 Å². The molecule has 0 spiro atoms. The predicted molar refractivity (Wildman–Crippen MR) is 63.0 cm³/mol. The maximum Gasteiger partial charge on any atom is 0.182 e. The van der Waals surface area contributed by atoms with Crippen molar-refractivity contribution in [3.05, 3.63) is 22.6 Å². The number of nitrogens with zero attached hydrogens (tertiary/aromatic N) is 1. The summed E-state index contributed by atoms with van der Waals surface area (Å²) >= 11 is 1.67. The van der Waals surface area contributed by atoms with Gasteiger partial charge in [0.2, 0.25) is 0 Å². The number of aromatic nitrogens is 1. The van der Waals surface area contributed by atoms with Gasteiger partial charge in [0.05, 0.1) is 4.88 Å². The molecule has 80 valence electrons. The van der Waals surface area contributed by atoms with E-state index in [2.05, 4.69) is 30.5 Å². The Bertz CT molecular complexity index is 459. The summed E-state index contributed by atoms with van der Waals surface area (Å²) < 4.78 is 5.31. The van der Waals surface area contributed by atoms with Crippen LogP contribution in [-0.4, -0.2) is 5.16 Å². The second-order valence-electron chi connectivity index (χ2n) is 3.56. The van der Waals surface area contributed by atoms with Crippen LogP contribution in [0.25, 0.3) is 10.6 Å². The molecule has 3 nitrogen and oxygen atoms in total. The van der Waals surface area contributed by atoms with E-state index in [0.29, 0.717) is 5.82 Å². The Morgan fingerprint density at radius 1 is 1.53 bits per heavy atom. The Hall–Kier alpha value is -1.29. The molecule has 0 saturated carbocycles. The summed E-state index contributed by atoms with van der Waals surface area (Å²) in [6.45, 7) is 4.19. The lowest BCUT2D eigenvalue weighted by Gasteiger charge is -1.98. The molecule has 0 aliphatic carbocycles. The lowest BCUT2D eigenvalue weighted by atomic mass is 10.1. The second kappa shape index (κ2) is 4.06. The molecule has 0 saturated heterocycles. The summed E-state index contributed by atoms with van der Waals surface area (Å²) in [5.41, 5.74) is 8.04. The van der Waals surface area contributed by atoms with E-state index < -0.39 is 0 Å². The van der Waals surface area contributed by atoms with Crippen molar-refractivity contribution < 1.29 is 4.52 Å². The minimum absolute atomic E-state index is 0.527. The van der Waals surface area contributed by atoms with E-state index in [-0.39, 0.29) is 0 Å². The van der Waals surface area contributed by atoms with Crippen LogP contribution < -0.4 is 5.73 Å². The van der Waals surface area contributed by atoms with Crippen LogP contribution in [0, 0.1) is 6.92 Å². The van der Waals surface area contributed by atoms with E-state index in [1.165, 1.54) is 5.56 Å². The highest BCUT2D eigenvalue weighted by Gasteiger charge is 2.17. The molecule has 0 atom stereocenters. The van der Waals surface area contributed by atoms with Gasteiger partial charge >= 0.3 is 0 Å². The third-order valence-electron chi connectivity index (χ3n) is 2.39. The van der Waals surface area contributed by atoms with E-state index in [9.17, 15) is 0 Å². The topological polar surface area (TPSA) is 52.0 Å². The Kier molecular flexibility index (Phi) is 2.77. The summed E-state index contributed by atoms with van der Waals surface area (Å²) in [4.78, 5) is 1.14. The zero-order chi connectivity index (χ0) is 10.8. The normalized spacial score (nSPS) is 10.8. The molecule has 0 aromatic carbocycles. The molecule has 2 aromatic rings. The van der Waals surface area contributed by atoms with Gasteiger partial charge in [-0.15, -0.1) is 11.3 Å². The lowest BCUT2D eigenvalue weighted by molar-refractivity contribution is 0.435. The third-order valence-corrected chi connectivity index (χ3v) is 3.40. The molecular weight excluding hydrogens is 208 g/mol. The van der Waals surface area contributed by atoms with E-state index in [1.54, 1.807) is 11.3 Å². The molecule has 0 fully saturated rings. The van der Waals surface area contributed by atoms with Gasteiger partial charge in [-0.25, -0.2) is 0 Å². The summed E-state index contributed by atoms with van der Waals surface area (Å²) in [6, 6.07) is 2.08. The highest BCUT2D eigenvalue weighted by atomic mass is 32.1. The Morgan fingerprint density at radius 2 is 2.33 bits per heavy atom. The molecule has 0 radical (unpaired) electrons. The number of rotatable bonds is 3. The van der Waals surface area contributed by atoms with Gasteiger partial charge in [0.25, 0.3) is 0 Å². The number of aryl methyl sites for hydroxylation is 1. The van der Waals surface area contributed by atoms with Gasteiger partial charge in [-0.2, -0.15) is 0 Å². The molecule has 2 rings (SSSR count). The second-order valence-corrected chi connectivity index (χ2v) is 4.47. The van der Waals surface area contributed by atoms with Crippen molar-refractivity contribution in [2.24, 2.45) is 0 Å². The third kappa shape index (κ3) is 1.77. The number of hydrogen-bond acceptors (Lipinski definition) is 4. The number of thiophene rings is 1. The fourth-order valence-electron chi connectivity index (χ4n) is 1.60. The maximum atomic E-state index is 5.78. The van der Waals surface area contributed by atoms with E-state index >= 15 is 0 Å². The fraction of sp³-hybridized carbons (Fsp3) is 0.364. The van der Waals surface area contributed by atoms with Crippen LogP contribution >= 0.6 is 11.3 Å². The van der Waals surface area contributed by atoms with Crippen molar-refractivity contribution in [1.82, 2.24) is 5.16 Å². The minimum Gasteiger partial charge on any atom is -0.381 e. The monoisotopic (exact) mass is 222 g/mol. The number of nitrogen functional groups attached to an aromatic ring is 1. The van der Waals surface area contributed by atoms with Crippen LogP contribution in [0.5, 0.6) is 0 Å². The minimum atomic E-state index is 0.527. The van der Waals surface area contributed by atoms with E-state index in [0.717, 1.165) is 29.0 Å². The van der Waals surface area contributed by atoms with Crippen molar-refractivity contribution >= 4 is 17.2 Å². The molecule has 0 amide bonds. The van der Waals surface area contributed by atoms with Crippen molar-refractivity contribution in [2.75, 3.05) is 5.73 Å². The average Bonchev–Trinajstić information content (AvgIpc) is 2.76. The molecule has 0 bridgehead atoms. The van der Waals surface area contributed by atoms with Crippen LogP contribution in [0.3, 0.4) is 0 Å².